The van der Waals surface area contributed by atoms with Crippen LogP contribution in [0.15, 0.2) is 48.7 Å². The van der Waals surface area contributed by atoms with Crippen LogP contribution in [0.2, 0.25) is 5.15 Å². The minimum absolute atomic E-state index is 0.207. The van der Waals surface area contributed by atoms with Crippen LogP contribution in [0.1, 0.15) is 0 Å². The van der Waals surface area contributed by atoms with Crippen molar-refractivity contribution in [2.45, 2.75) is 0 Å². The highest BCUT2D eigenvalue weighted by molar-refractivity contribution is 6.31. The third-order valence-electron chi connectivity index (χ3n) is 1.98. The topological polar surface area (TPSA) is 26.9 Å². The van der Waals surface area contributed by atoms with Gasteiger partial charge in [-0.2, -0.15) is 4.73 Å². The van der Waals surface area contributed by atoms with Gasteiger partial charge in [-0.15, -0.1) is 0 Å². The maximum Gasteiger partial charge on any atom is 0.294 e. The van der Waals surface area contributed by atoms with Gasteiger partial charge < -0.3 is 5.21 Å². The molecule has 0 bridgehead atoms. The van der Waals surface area contributed by atoms with E-state index in [9.17, 15) is 5.21 Å². The Hall–Kier alpha value is -1.54. The molecule has 1 heterocycles. The molecule has 3 heteroatoms. The van der Waals surface area contributed by atoms with Gasteiger partial charge in [-0.05, 0) is 23.2 Å². The Morgan fingerprint density at radius 3 is 2.43 bits per heavy atom. The first-order chi connectivity index (χ1) is 6.79. The summed E-state index contributed by atoms with van der Waals surface area (Å²) < 4.78 is 0.657. The number of aromatic nitrogens is 1. The van der Waals surface area contributed by atoms with Gasteiger partial charge in [-0.1, -0.05) is 30.3 Å². The molecule has 0 atom stereocenters. The number of nitrogens with zero attached hydrogens (tertiary/aromatic N) is 1. The van der Waals surface area contributed by atoms with Crippen molar-refractivity contribution >= 4 is 11.6 Å². The summed E-state index contributed by atoms with van der Waals surface area (Å²) in [6, 6.07) is 13.1. The molecule has 2 nitrogen and oxygen atoms in total. The van der Waals surface area contributed by atoms with Gasteiger partial charge in [0.05, 0.1) is 5.56 Å². The van der Waals surface area contributed by atoms with Crippen LogP contribution in [0.4, 0.5) is 0 Å². The van der Waals surface area contributed by atoms with E-state index in [4.69, 9.17) is 11.6 Å². The number of hydrogen-bond donors (Lipinski definition) is 0. The lowest BCUT2D eigenvalue weighted by Crippen LogP contribution is -2.26. The maximum absolute atomic E-state index is 11.2. The molecule has 0 aliphatic rings. The standard InChI is InChI=1S/C11H8ClNO/c12-11-10(7-4-8-13(11)14)9-5-2-1-3-6-9/h1-8H. The Kier molecular flexibility index (Phi) is 2.37. The maximum atomic E-state index is 11.2. The van der Waals surface area contributed by atoms with Crippen LogP contribution in [0.25, 0.3) is 11.1 Å². The first-order valence-electron chi connectivity index (χ1n) is 4.22. The van der Waals surface area contributed by atoms with Crippen LogP contribution in [-0.2, 0) is 0 Å². The van der Waals surface area contributed by atoms with Gasteiger partial charge in [-0.25, -0.2) is 0 Å². The summed E-state index contributed by atoms with van der Waals surface area (Å²) >= 11 is 5.88. The first-order valence-corrected chi connectivity index (χ1v) is 4.60. The second kappa shape index (κ2) is 3.68. The Labute approximate surface area is 87.0 Å². The predicted molar refractivity (Wildman–Crippen MR) is 55.8 cm³/mol. The summed E-state index contributed by atoms with van der Waals surface area (Å²) in [4.78, 5) is 0. The summed E-state index contributed by atoms with van der Waals surface area (Å²) in [5, 5.41) is 11.4. The lowest BCUT2D eigenvalue weighted by molar-refractivity contribution is -0.602. The van der Waals surface area contributed by atoms with E-state index in [0.29, 0.717) is 4.73 Å². The van der Waals surface area contributed by atoms with Crippen molar-refractivity contribution in [3.63, 3.8) is 0 Å². The third-order valence-corrected chi connectivity index (χ3v) is 2.36. The van der Waals surface area contributed by atoms with Crippen molar-refractivity contribution in [1.29, 1.82) is 0 Å². The molecule has 0 N–H and O–H groups in total. The molecule has 0 radical (unpaired) electrons. The van der Waals surface area contributed by atoms with E-state index in [2.05, 4.69) is 0 Å². The van der Waals surface area contributed by atoms with Gasteiger partial charge in [0, 0.05) is 6.07 Å². The second-order valence-corrected chi connectivity index (χ2v) is 3.26. The molecule has 70 valence electrons. The lowest BCUT2D eigenvalue weighted by atomic mass is 10.1. The van der Waals surface area contributed by atoms with Crippen molar-refractivity contribution in [3.8, 4) is 11.1 Å². The van der Waals surface area contributed by atoms with E-state index in [1.165, 1.54) is 6.20 Å². The summed E-state index contributed by atoms with van der Waals surface area (Å²) in [6.07, 6.45) is 1.38. The van der Waals surface area contributed by atoms with Gasteiger partial charge in [0.2, 0.25) is 0 Å². The quantitative estimate of drug-likeness (QED) is 0.400. The number of benzene rings is 1. The minimum atomic E-state index is 0.207. The Bertz CT molecular complexity index is 442. The highest BCUT2D eigenvalue weighted by atomic mass is 35.5. The third kappa shape index (κ3) is 1.56. The summed E-state index contributed by atoms with van der Waals surface area (Å²) in [6.45, 7) is 0. The zero-order valence-corrected chi connectivity index (χ0v) is 8.11. The summed E-state index contributed by atoms with van der Waals surface area (Å²) in [7, 11) is 0. The van der Waals surface area contributed by atoms with Crippen LogP contribution in [-0.4, -0.2) is 0 Å². The molecular weight excluding hydrogens is 198 g/mol. The lowest BCUT2D eigenvalue weighted by Gasteiger charge is -2.03. The molecule has 0 aliphatic heterocycles. The Morgan fingerprint density at radius 1 is 1.00 bits per heavy atom. The smallest absolute Gasteiger partial charge is 0.294 e. The number of pyridine rings is 1. The molecule has 2 rings (SSSR count). The molecule has 0 fully saturated rings. The van der Waals surface area contributed by atoms with Crippen molar-refractivity contribution in [2.75, 3.05) is 0 Å². The average molecular weight is 206 g/mol. The zero-order chi connectivity index (χ0) is 9.97. The fourth-order valence-electron chi connectivity index (χ4n) is 1.30. The second-order valence-electron chi connectivity index (χ2n) is 2.90. The summed E-state index contributed by atoms with van der Waals surface area (Å²) in [5.74, 6) is 0. The molecule has 0 amide bonds. The van der Waals surface area contributed by atoms with Crippen LogP contribution in [0.5, 0.6) is 0 Å². The van der Waals surface area contributed by atoms with Gasteiger partial charge >= 0.3 is 0 Å². The molecule has 14 heavy (non-hydrogen) atoms. The summed E-state index contributed by atoms with van der Waals surface area (Å²) in [5.41, 5.74) is 1.70. The first kappa shape index (κ1) is 9.03. The highest BCUT2D eigenvalue weighted by Gasteiger charge is 2.09. The molecular formula is C11H8ClNO. The molecule has 0 spiro atoms. The molecule has 0 saturated heterocycles. The monoisotopic (exact) mass is 205 g/mol. The number of hydrogen-bond acceptors (Lipinski definition) is 1. The minimum Gasteiger partial charge on any atom is -0.618 e. The van der Waals surface area contributed by atoms with E-state index >= 15 is 0 Å². The molecule has 1 aromatic carbocycles. The van der Waals surface area contributed by atoms with E-state index in [1.807, 2.05) is 36.4 Å². The molecule has 0 aliphatic carbocycles. The predicted octanol–water partition coefficient (Wildman–Crippen LogP) is 2.64. The van der Waals surface area contributed by atoms with Gasteiger partial charge in [0.25, 0.3) is 5.15 Å². The fourth-order valence-corrected chi connectivity index (χ4v) is 1.53. The molecule has 0 saturated carbocycles. The van der Waals surface area contributed by atoms with E-state index in [0.717, 1.165) is 11.1 Å². The van der Waals surface area contributed by atoms with Crippen LogP contribution < -0.4 is 4.73 Å². The van der Waals surface area contributed by atoms with Crippen molar-refractivity contribution < 1.29 is 4.73 Å². The van der Waals surface area contributed by atoms with Gasteiger partial charge in [-0.3, -0.25) is 0 Å². The largest absolute Gasteiger partial charge is 0.618 e. The van der Waals surface area contributed by atoms with Crippen molar-refractivity contribution in [3.05, 3.63) is 59.0 Å². The fraction of sp³-hybridized carbons (Fsp3) is 0. The van der Waals surface area contributed by atoms with E-state index in [1.54, 1.807) is 6.07 Å². The van der Waals surface area contributed by atoms with Crippen molar-refractivity contribution in [1.82, 2.24) is 0 Å². The SMILES string of the molecule is [O-][n+]1cccc(-c2ccccc2)c1Cl. The van der Waals surface area contributed by atoms with Crippen LogP contribution in [0, 0.1) is 5.21 Å². The van der Waals surface area contributed by atoms with Crippen LogP contribution in [0.3, 0.4) is 0 Å². The Morgan fingerprint density at radius 2 is 1.71 bits per heavy atom. The number of rotatable bonds is 1. The highest BCUT2D eigenvalue weighted by Crippen LogP contribution is 2.23. The average Bonchev–Trinajstić information content (AvgIpc) is 2.23. The van der Waals surface area contributed by atoms with Gasteiger partial charge in [0.15, 0.2) is 6.20 Å². The number of halogens is 1. The molecule has 0 unspecified atom stereocenters. The van der Waals surface area contributed by atoms with Crippen LogP contribution >= 0.6 is 11.6 Å². The van der Waals surface area contributed by atoms with E-state index < -0.39 is 0 Å². The van der Waals surface area contributed by atoms with Gasteiger partial charge in [0.1, 0.15) is 0 Å². The molecule has 1 aromatic heterocycles. The normalized spacial score (nSPS) is 10.1. The Balaban J connectivity index is 2.58. The molecule has 2 aromatic rings. The van der Waals surface area contributed by atoms with E-state index in [-0.39, 0.29) is 5.15 Å². The zero-order valence-electron chi connectivity index (χ0n) is 7.35. The van der Waals surface area contributed by atoms with Crippen molar-refractivity contribution in [2.24, 2.45) is 0 Å².